The molecule has 1 aromatic heterocycles. The van der Waals surface area contributed by atoms with E-state index in [1.807, 2.05) is 30.3 Å². The first-order valence-corrected chi connectivity index (χ1v) is 8.01. The molecule has 0 amide bonds. The van der Waals surface area contributed by atoms with Crippen LogP contribution in [-0.2, 0) is 0 Å². The van der Waals surface area contributed by atoms with E-state index in [1.165, 1.54) is 13.0 Å². The summed E-state index contributed by atoms with van der Waals surface area (Å²) < 4.78 is 0. The standard InChI is InChI=1S/C20H17N3O3/c1-12-17(13(2)24)19(22-16-11-7-6-10-15(16)20(25)26)23-18(21-12)14-8-4-3-5-9-14/h3-11H,1-2H3,(H,25,26)(H,21,22,23). The highest BCUT2D eigenvalue weighted by molar-refractivity contribution is 6.02. The fraction of sp³-hybridized carbons (Fsp3) is 0.100. The minimum absolute atomic E-state index is 0.0968. The molecule has 26 heavy (non-hydrogen) atoms. The van der Waals surface area contributed by atoms with Crippen LogP contribution in [-0.4, -0.2) is 26.8 Å². The molecule has 0 atom stereocenters. The van der Waals surface area contributed by atoms with Crippen LogP contribution in [0.1, 0.15) is 33.3 Å². The third kappa shape index (κ3) is 3.44. The summed E-state index contributed by atoms with van der Waals surface area (Å²) in [5, 5.41) is 12.4. The number of carboxylic acid groups (broad SMARTS) is 1. The van der Waals surface area contributed by atoms with Gasteiger partial charge < -0.3 is 10.4 Å². The van der Waals surface area contributed by atoms with Gasteiger partial charge in [-0.2, -0.15) is 0 Å². The Labute approximate surface area is 150 Å². The molecule has 0 aliphatic carbocycles. The summed E-state index contributed by atoms with van der Waals surface area (Å²) in [7, 11) is 0. The monoisotopic (exact) mass is 347 g/mol. The van der Waals surface area contributed by atoms with Crippen LogP contribution in [0.25, 0.3) is 11.4 Å². The topological polar surface area (TPSA) is 92.2 Å². The molecule has 3 aromatic rings. The lowest BCUT2D eigenvalue weighted by atomic mass is 10.1. The Morgan fingerprint density at radius 1 is 0.962 bits per heavy atom. The van der Waals surface area contributed by atoms with Gasteiger partial charge in [0.2, 0.25) is 0 Å². The number of para-hydroxylation sites is 1. The first-order chi connectivity index (χ1) is 12.5. The molecule has 1 heterocycles. The van der Waals surface area contributed by atoms with Crippen molar-refractivity contribution in [2.45, 2.75) is 13.8 Å². The van der Waals surface area contributed by atoms with Crippen molar-refractivity contribution in [3.63, 3.8) is 0 Å². The van der Waals surface area contributed by atoms with E-state index in [0.29, 0.717) is 22.8 Å². The number of hydrogen-bond acceptors (Lipinski definition) is 5. The van der Waals surface area contributed by atoms with Crippen molar-refractivity contribution in [1.82, 2.24) is 9.97 Å². The maximum absolute atomic E-state index is 12.1. The third-order valence-electron chi connectivity index (χ3n) is 3.88. The highest BCUT2D eigenvalue weighted by Gasteiger charge is 2.18. The quantitative estimate of drug-likeness (QED) is 0.675. The number of anilines is 2. The van der Waals surface area contributed by atoms with Crippen LogP contribution >= 0.6 is 0 Å². The van der Waals surface area contributed by atoms with Gasteiger partial charge in [0.1, 0.15) is 5.82 Å². The molecule has 0 bridgehead atoms. The molecule has 6 nitrogen and oxygen atoms in total. The summed E-state index contributed by atoms with van der Waals surface area (Å²) in [5.41, 5.74) is 2.13. The molecule has 2 aromatic carbocycles. The van der Waals surface area contributed by atoms with Gasteiger partial charge in [-0.05, 0) is 26.0 Å². The number of benzene rings is 2. The lowest BCUT2D eigenvalue weighted by Gasteiger charge is -2.14. The Kier molecular flexibility index (Phi) is 4.75. The van der Waals surface area contributed by atoms with Crippen LogP contribution in [0.3, 0.4) is 0 Å². The first-order valence-electron chi connectivity index (χ1n) is 8.01. The molecule has 6 heteroatoms. The van der Waals surface area contributed by atoms with Gasteiger partial charge in [-0.3, -0.25) is 4.79 Å². The van der Waals surface area contributed by atoms with Gasteiger partial charge in [-0.15, -0.1) is 0 Å². The van der Waals surface area contributed by atoms with E-state index in [2.05, 4.69) is 15.3 Å². The van der Waals surface area contributed by atoms with Crippen molar-refractivity contribution in [1.29, 1.82) is 0 Å². The summed E-state index contributed by atoms with van der Waals surface area (Å²) in [5.74, 6) is -0.509. The minimum atomic E-state index is -1.06. The van der Waals surface area contributed by atoms with E-state index < -0.39 is 5.97 Å². The zero-order chi connectivity index (χ0) is 18.7. The predicted molar refractivity (Wildman–Crippen MR) is 98.9 cm³/mol. The predicted octanol–water partition coefficient (Wildman–Crippen LogP) is 4.10. The molecule has 0 radical (unpaired) electrons. The van der Waals surface area contributed by atoms with Gasteiger partial charge in [-0.25, -0.2) is 14.8 Å². The number of rotatable bonds is 5. The largest absolute Gasteiger partial charge is 0.478 e. The van der Waals surface area contributed by atoms with Crippen LogP contribution in [0.5, 0.6) is 0 Å². The molecule has 0 spiro atoms. The zero-order valence-corrected chi connectivity index (χ0v) is 14.4. The second-order valence-electron chi connectivity index (χ2n) is 5.75. The average molecular weight is 347 g/mol. The second-order valence-corrected chi connectivity index (χ2v) is 5.75. The van der Waals surface area contributed by atoms with Crippen molar-refractivity contribution in [3.05, 3.63) is 71.4 Å². The molecule has 0 fully saturated rings. The number of ketones is 1. The minimum Gasteiger partial charge on any atom is -0.478 e. The van der Waals surface area contributed by atoms with Gasteiger partial charge in [0.15, 0.2) is 11.6 Å². The summed E-state index contributed by atoms with van der Waals surface area (Å²) in [6.45, 7) is 3.17. The summed E-state index contributed by atoms with van der Waals surface area (Å²) >= 11 is 0. The van der Waals surface area contributed by atoms with Crippen LogP contribution < -0.4 is 5.32 Å². The van der Waals surface area contributed by atoms with E-state index in [-0.39, 0.29) is 17.2 Å². The summed E-state index contributed by atoms with van der Waals surface area (Å²) in [4.78, 5) is 32.5. The molecule has 2 N–H and O–H groups in total. The van der Waals surface area contributed by atoms with Crippen LogP contribution in [0.2, 0.25) is 0 Å². The molecule has 0 unspecified atom stereocenters. The zero-order valence-electron chi connectivity index (χ0n) is 14.4. The van der Waals surface area contributed by atoms with Gasteiger partial charge in [0, 0.05) is 5.56 Å². The number of Topliss-reactive ketones (excluding diaryl/α,β-unsaturated/α-hetero) is 1. The number of nitrogens with one attached hydrogen (secondary N) is 1. The lowest BCUT2D eigenvalue weighted by molar-refractivity contribution is 0.0697. The van der Waals surface area contributed by atoms with Gasteiger partial charge >= 0.3 is 5.97 Å². The van der Waals surface area contributed by atoms with Crippen molar-refractivity contribution in [3.8, 4) is 11.4 Å². The molecule has 0 saturated heterocycles. The van der Waals surface area contributed by atoms with Crippen LogP contribution in [0.4, 0.5) is 11.5 Å². The second kappa shape index (κ2) is 7.14. The maximum Gasteiger partial charge on any atom is 0.337 e. The number of aromatic nitrogens is 2. The number of carboxylic acids is 1. The van der Waals surface area contributed by atoms with E-state index >= 15 is 0 Å². The van der Waals surface area contributed by atoms with Crippen LogP contribution in [0.15, 0.2) is 54.6 Å². The van der Waals surface area contributed by atoms with E-state index in [9.17, 15) is 14.7 Å². The summed E-state index contributed by atoms with van der Waals surface area (Å²) in [6.07, 6.45) is 0. The van der Waals surface area contributed by atoms with Gasteiger partial charge in [0.05, 0.1) is 22.5 Å². The summed E-state index contributed by atoms with van der Waals surface area (Å²) in [6, 6.07) is 15.9. The maximum atomic E-state index is 12.1. The fourth-order valence-electron chi connectivity index (χ4n) is 2.71. The van der Waals surface area contributed by atoms with Crippen LogP contribution in [0, 0.1) is 6.92 Å². The highest BCUT2D eigenvalue weighted by Crippen LogP contribution is 2.27. The number of nitrogens with zero attached hydrogens (tertiary/aromatic N) is 2. The molecular formula is C20H17N3O3. The van der Waals surface area contributed by atoms with Crippen molar-refractivity contribution in [2.75, 3.05) is 5.32 Å². The van der Waals surface area contributed by atoms with Crippen molar-refractivity contribution < 1.29 is 14.7 Å². The first kappa shape index (κ1) is 17.3. The molecule has 130 valence electrons. The van der Waals surface area contributed by atoms with Gasteiger partial charge in [0.25, 0.3) is 0 Å². The Morgan fingerprint density at radius 2 is 1.62 bits per heavy atom. The number of aryl methyl sites for hydroxylation is 1. The third-order valence-corrected chi connectivity index (χ3v) is 3.88. The lowest BCUT2D eigenvalue weighted by Crippen LogP contribution is -2.11. The molecule has 3 rings (SSSR count). The Balaban J connectivity index is 2.15. The van der Waals surface area contributed by atoms with E-state index in [4.69, 9.17) is 0 Å². The Morgan fingerprint density at radius 3 is 2.27 bits per heavy atom. The Bertz CT molecular complexity index is 985. The van der Waals surface area contributed by atoms with E-state index in [1.54, 1.807) is 25.1 Å². The Hall–Kier alpha value is -3.54. The normalized spacial score (nSPS) is 10.4. The number of carbonyl (C=O) groups is 2. The number of aromatic carboxylic acids is 1. The van der Waals surface area contributed by atoms with Gasteiger partial charge in [-0.1, -0.05) is 42.5 Å². The van der Waals surface area contributed by atoms with Crippen molar-refractivity contribution in [2.24, 2.45) is 0 Å². The van der Waals surface area contributed by atoms with Crippen molar-refractivity contribution >= 4 is 23.3 Å². The number of carbonyl (C=O) groups excluding carboxylic acids is 1. The number of hydrogen-bond donors (Lipinski definition) is 2. The fourth-order valence-corrected chi connectivity index (χ4v) is 2.71. The smallest absolute Gasteiger partial charge is 0.337 e. The van der Waals surface area contributed by atoms with E-state index in [0.717, 1.165) is 5.56 Å². The molecule has 0 saturated carbocycles. The molecule has 0 aliphatic rings. The molecule has 0 aliphatic heterocycles. The average Bonchev–Trinajstić information content (AvgIpc) is 2.62. The highest BCUT2D eigenvalue weighted by atomic mass is 16.4. The molecular weight excluding hydrogens is 330 g/mol. The SMILES string of the molecule is CC(=O)c1c(C)nc(-c2ccccc2)nc1Nc1ccccc1C(=O)O.